The van der Waals surface area contributed by atoms with Gasteiger partial charge >= 0.3 is 0 Å². The molecular formula is C33H33Br2IO. The van der Waals surface area contributed by atoms with Crippen LogP contribution in [0, 0.1) is 3.57 Å². The zero-order valence-corrected chi connectivity index (χ0v) is 26.5. The molecule has 37 heavy (non-hydrogen) atoms. The Morgan fingerprint density at radius 3 is 1.89 bits per heavy atom. The van der Waals surface area contributed by atoms with E-state index in [4.69, 9.17) is 0 Å². The number of rotatable bonds is 11. The Bertz CT molecular complexity index is 1280. The number of benzene rings is 4. The lowest BCUT2D eigenvalue weighted by molar-refractivity contribution is 0.126. The van der Waals surface area contributed by atoms with Gasteiger partial charge in [-0.05, 0) is 99.6 Å². The molecule has 0 aliphatic rings. The molecule has 1 unspecified atom stereocenters. The van der Waals surface area contributed by atoms with E-state index in [0.717, 1.165) is 46.8 Å². The van der Waals surface area contributed by atoms with Crippen molar-refractivity contribution in [3.63, 3.8) is 0 Å². The van der Waals surface area contributed by atoms with Gasteiger partial charge < -0.3 is 5.11 Å². The lowest BCUT2D eigenvalue weighted by Crippen LogP contribution is -2.29. The van der Waals surface area contributed by atoms with Crippen LogP contribution < -0.4 is 0 Å². The Hall–Kier alpha value is -1.47. The van der Waals surface area contributed by atoms with Crippen LogP contribution in [-0.4, -0.2) is 5.11 Å². The molecule has 192 valence electrons. The summed E-state index contributed by atoms with van der Waals surface area (Å²) in [6.45, 7) is 2.26. The third-order valence-electron chi connectivity index (χ3n) is 6.98. The highest BCUT2D eigenvalue weighted by molar-refractivity contribution is 14.1. The molecule has 1 nitrogen and oxygen atoms in total. The third-order valence-corrected chi connectivity index (χ3v) is 8.72. The highest BCUT2D eigenvalue weighted by atomic mass is 127. The van der Waals surface area contributed by atoms with Crippen molar-refractivity contribution < 1.29 is 5.11 Å². The average molecular weight is 732 g/mol. The van der Waals surface area contributed by atoms with Crippen molar-refractivity contribution in [2.24, 2.45) is 0 Å². The smallest absolute Gasteiger partial charge is 0.141 e. The number of halogens is 3. The molecule has 4 aromatic rings. The molecule has 0 fully saturated rings. The zero-order chi connectivity index (χ0) is 26.3. The molecule has 4 aromatic carbocycles. The first-order chi connectivity index (χ1) is 17.9. The quantitative estimate of drug-likeness (QED) is 0.0925. The lowest BCUT2D eigenvalue weighted by Gasteiger charge is -2.32. The second-order valence-electron chi connectivity index (χ2n) is 9.63. The molecule has 0 aromatic heterocycles. The Balaban J connectivity index is 1.73. The van der Waals surface area contributed by atoms with E-state index in [9.17, 15) is 5.11 Å². The third kappa shape index (κ3) is 7.14. The summed E-state index contributed by atoms with van der Waals surface area (Å²) >= 11 is 9.53. The normalized spacial score (nSPS) is 12.9. The second-order valence-corrected chi connectivity index (χ2v) is 12.7. The van der Waals surface area contributed by atoms with Crippen molar-refractivity contribution in [2.75, 3.05) is 0 Å². The fourth-order valence-electron chi connectivity index (χ4n) is 4.89. The van der Waals surface area contributed by atoms with Gasteiger partial charge in [-0.2, -0.15) is 0 Å². The van der Waals surface area contributed by atoms with E-state index in [1.54, 1.807) is 0 Å². The standard InChI is InChI=1S/C33H33Br2IO/c1-2-3-4-5-6-7-8-24-9-13-26(14-10-24)33(37,27-15-20-30(36)21-16-27)32-23-29(35)19-22-31(32)25-11-17-28(34)18-12-25/h9-23,37H,2-8H2,1H3. The minimum atomic E-state index is -1.31. The van der Waals surface area contributed by atoms with E-state index >= 15 is 0 Å². The van der Waals surface area contributed by atoms with Crippen LogP contribution >= 0.6 is 54.5 Å². The summed E-state index contributed by atoms with van der Waals surface area (Å²) < 4.78 is 3.11. The van der Waals surface area contributed by atoms with Crippen molar-refractivity contribution in [3.8, 4) is 11.1 Å². The summed E-state index contributed by atoms with van der Waals surface area (Å²) in [6, 6.07) is 31.3. The molecule has 0 saturated carbocycles. The molecular weight excluding hydrogens is 699 g/mol. The second kappa shape index (κ2) is 13.5. The number of aryl methyl sites for hydroxylation is 1. The maximum Gasteiger partial charge on any atom is 0.141 e. The number of hydrogen-bond donors (Lipinski definition) is 1. The molecule has 0 aliphatic heterocycles. The molecule has 0 aliphatic carbocycles. The number of hydrogen-bond acceptors (Lipinski definition) is 1. The number of aliphatic hydroxyl groups is 1. The zero-order valence-electron chi connectivity index (χ0n) is 21.2. The van der Waals surface area contributed by atoms with Gasteiger partial charge in [0, 0.05) is 18.1 Å². The van der Waals surface area contributed by atoms with Gasteiger partial charge in [-0.15, -0.1) is 0 Å². The minimum absolute atomic E-state index is 0.855. The largest absolute Gasteiger partial charge is 0.376 e. The van der Waals surface area contributed by atoms with Crippen LogP contribution in [0.15, 0.2) is 99.9 Å². The predicted molar refractivity (Wildman–Crippen MR) is 172 cm³/mol. The molecule has 0 saturated heterocycles. The Labute approximate surface area is 252 Å². The first kappa shape index (κ1) is 28.5. The molecule has 0 spiro atoms. The van der Waals surface area contributed by atoms with Crippen LogP contribution in [0.25, 0.3) is 11.1 Å². The summed E-state index contributed by atoms with van der Waals surface area (Å²) in [7, 11) is 0. The van der Waals surface area contributed by atoms with E-state index in [0.29, 0.717) is 0 Å². The topological polar surface area (TPSA) is 20.2 Å². The number of unbranched alkanes of at least 4 members (excludes halogenated alkanes) is 5. The first-order valence-electron chi connectivity index (χ1n) is 13.1. The van der Waals surface area contributed by atoms with E-state index in [1.165, 1.54) is 44.1 Å². The van der Waals surface area contributed by atoms with E-state index in [2.05, 4.69) is 122 Å². The van der Waals surface area contributed by atoms with Gasteiger partial charge in [0.1, 0.15) is 5.60 Å². The average Bonchev–Trinajstić information content (AvgIpc) is 2.91. The monoisotopic (exact) mass is 730 g/mol. The van der Waals surface area contributed by atoms with Crippen LogP contribution in [-0.2, 0) is 12.0 Å². The van der Waals surface area contributed by atoms with Crippen molar-refractivity contribution >= 4 is 54.5 Å². The van der Waals surface area contributed by atoms with Crippen molar-refractivity contribution in [1.29, 1.82) is 0 Å². The van der Waals surface area contributed by atoms with Crippen LogP contribution in [0.2, 0.25) is 0 Å². The van der Waals surface area contributed by atoms with Crippen LogP contribution in [0.1, 0.15) is 67.7 Å². The molecule has 1 atom stereocenters. The summed E-state index contributed by atoms with van der Waals surface area (Å²) in [4.78, 5) is 0. The molecule has 0 heterocycles. The van der Waals surface area contributed by atoms with Crippen LogP contribution in [0.5, 0.6) is 0 Å². The van der Waals surface area contributed by atoms with Crippen molar-refractivity contribution in [1.82, 2.24) is 0 Å². The fourth-order valence-corrected chi connectivity index (χ4v) is 5.87. The van der Waals surface area contributed by atoms with Gasteiger partial charge in [0.05, 0.1) is 0 Å². The van der Waals surface area contributed by atoms with Crippen LogP contribution in [0.4, 0.5) is 0 Å². The molecule has 1 N–H and O–H groups in total. The molecule has 0 radical (unpaired) electrons. The minimum Gasteiger partial charge on any atom is -0.376 e. The summed E-state index contributed by atoms with van der Waals surface area (Å²) in [5, 5.41) is 12.7. The summed E-state index contributed by atoms with van der Waals surface area (Å²) in [5.41, 5.74) is 4.67. The van der Waals surface area contributed by atoms with E-state index < -0.39 is 5.60 Å². The lowest BCUT2D eigenvalue weighted by atomic mass is 9.77. The highest BCUT2D eigenvalue weighted by Crippen LogP contribution is 2.43. The van der Waals surface area contributed by atoms with Gasteiger partial charge in [-0.25, -0.2) is 0 Å². The van der Waals surface area contributed by atoms with Gasteiger partial charge in [0.2, 0.25) is 0 Å². The Morgan fingerprint density at radius 2 is 1.24 bits per heavy atom. The Kier molecular flexibility index (Phi) is 10.4. The first-order valence-corrected chi connectivity index (χ1v) is 15.7. The molecule has 4 rings (SSSR count). The van der Waals surface area contributed by atoms with Gasteiger partial charge in [0.15, 0.2) is 0 Å². The van der Waals surface area contributed by atoms with Crippen molar-refractivity contribution in [3.05, 3.63) is 126 Å². The van der Waals surface area contributed by atoms with Crippen molar-refractivity contribution in [2.45, 2.75) is 57.5 Å². The van der Waals surface area contributed by atoms with Crippen LogP contribution in [0.3, 0.4) is 0 Å². The predicted octanol–water partition coefficient (Wildman–Crippen LogP) is 10.7. The maximum absolute atomic E-state index is 12.7. The Morgan fingerprint density at radius 1 is 0.676 bits per heavy atom. The summed E-state index contributed by atoms with van der Waals surface area (Å²) in [5.74, 6) is 0. The highest BCUT2D eigenvalue weighted by Gasteiger charge is 2.36. The van der Waals surface area contributed by atoms with Gasteiger partial charge in [0.25, 0.3) is 0 Å². The van der Waals surface area contributed by atoms with Gasteiger partial charge in [-0.3, -0.25) is 0 Å². The SMILES string of the molecule is CCCCCCCCc1ccc(C(O)(c2ccc(I)cc2)c2cc(Br)ccc2-c2ccc(Br)cc2)cc1. The molecule has 0 amide bonds. The maximum atomic E-state index is 12.7. The van der Waals surface area contributed by atoms with E-state index in [1.807, 2.05) is 30.3 Å². The molecule has 0 bridgehead atoms. The van der Waals surface area contributed by atoms with E-state index in [-0.39, 0.29) is 0 Å². The van der Waals surface area contributed by atoms with Gasteiger partial charge in [-0.1, -0.05) is 125 Å². The molecule has 4 heteroatoms. The summed E-state index contributed by atoms with van der Waals surface area (Å²) in [6.07, 6.45) is 8.85. The fraction of sp³-hybridized carbons (Fsp3) is 0.273.